The molecule has 0 unspecified atom stereocenters. The molecule has 1 aromatic rings. The monoisotopic (exact) mass is 175 g/mol. The van der Waals surface area contributed by atoms with E-state index in [1.807, 2.05) is 0 Å². The molecule has 0 aliphatic heterocycles. The van der Waals surface area contributed by atoms with Gasteiger partial charge in [0, 0.05) is 18.0 Å². The van der Waals surface area contributed by atoms with Crippen molar-refractivity contribution in [1.82, 2.24) is 4.98 Å². The molecule has 11 heavy (non-hydrogen) atoms. The fourth-order valence-corrected chi connectivity index (χ4v) is 1.04. The normalized spacial score (nSPS) is 10.5. The molecule has 0 spiro atoms. The van der Waals surface area contributed by atoms with E-state index in [2.05, 4.69) is 4.98 Å². The standard InChI is InChI=1S/C6H9NO3S/c8-5(9)1-3-10-6-7-2-4-11-6/h2,4-5,8-9H,1,3H2. The summed E-state index contributed by atoms with van der Waals surface area (Å²) in [5.74, 6) is 0. The van der Waals surface area contributed by atoms with Gasteiger partial charge < -0.3 is 14.9 Å². The third-order valence-electron chi connectivity index (χ3n) is 1.01. The molecule has 2 N–H and O–H groups in total. The molecular formula is C6H9NO3S. The lowest BCUT2D eigenvalue weighted by Crippen LogP contribution is -2.10. The number of rotatable bonds is 4. The summed E-state index contributed by atoms with van der Waals surface area (Å²) in [7, 11) is 0. The van der Waals surface area contributed by atoms with Gasteiger partial charge in [-0.3, -0.25) is 0 Å². The summed E-state index contributed by atoms with van der Waals surface area (Å²) >= 11 is 1.38. The highest BCUT2D eigenvalue weighted by Crippen LogP contribution is 2.13. The van der Waals surface area contributed by atoms with Gasteiger partial charge in [0.15, 0.2) is 6.29 Å². The number of thiazole rings is 1. The van der Waals surface area contributed by atoms with Crippen molar-refractivity contribution >= 4 is 11.3 Å². The number of nitrogens with zero attached hydrogens (tertiary/aromatic N) is 1. The zero-order valence-corrected chi connectivity index (χ0v) is 6.62. The minimum absolute atomic E-state index is 0.208. The van der Waals surface area contributed by atoms with Gasteiger partial charge in [0.2, 0.25) is 0 Å². The maximum absolute atomic E-state index is 8.44. The highest BCUT2D eigenvalue weighted by molar-refractivity contribution is 7.11. The zero-order chi connectivity index (χ0) is 8.10. The SMILES string of the molecule is OC(O)CCOc1nccs1. The van der Waals surface area contributed by atoms with Crippen molar-refractivity contribution in [3.05, 3.63) is 11.6 Å². The molecule has 0 saturated heterocycles. The van der Waals surface area contributed by atoms with Gasteiger partial charge in [-0.05, 0) is 0 Å². The van der Waals surface area contributed by atoms with E-state index < -0.39 is 6.29 Å². The second kappa shape index (κ2) is 4.27. The highest BCUT2D eigenvalue weighted by atomic mass is 32.1. The van der Waals surface area contributed by atoms with Crippen LogP contribution in [0, 0.1) is 0 Å². The van der Waals surface area contributed by atoms with Crippen LogP contribution in [0.1, 0.15) is 6.42 Å². The second-order valence-electron chi connectivity index (χ2n) is 1.92. The lowest BCUT2D eigenvalue weighted by Gasteiger charge is -2.02. The van der Waals surface area contributed by atoms with E-state index in [4.69, 9.17) is 14.9 Å². The van der Waals surface area contributed by atoms with Gasteiger partial charge in [-0.15, -0.1) is 0 Å². The molecule has 62 valence electrons. The van der Waals surface area contributed by atoms with E-state index in [9.17, 15) is 0 Å². The van der Waals surface area contributed by atoms with E-state index in [1.54, 1.807) is 11.6 Å². The maximum atomic E-state index is 8.44. The van der Waals surface area contributed by atoms with E-state index in [-0.39, 0.29) is 13.0 Å². The molecule has 0 aromatic carbocycles. The molecule has 0 atom stereocenters. The van der Waals surface area contributed by atoms with Gasteiger partial charge in [-0.1, -0.05) is 11.3 Å². The van der Waals surface area contributed by atoms with Crippen LogP contribution in [0.3, 0.4) is 0 Å². The van der Waals surface area contributed by atoms with Crippen molar-refractivity contribution < 1.29 is 14.9 Å². The Labute approximate surface area is 68.1 Å². The van der Waals surface area contributed by atoms with Crippen molar-refractivity contribution in [3.63, 3.8) is 0 Å². The Morgan fingerprint density at radius 2 is 2.45 bits per heavy atom. The van der Waals surface area contributed by atoms with Gasteiger partial charge in [-0.25, -0.2) is 4.98 Å². The third kappa shape index (κ3) is 3.31. The summed E-state index contributed by atoms with van der Waals surface area (Å²) in [4.78, 5) is 3.85. The van der Waals surface area contributed by atoms with E-state index in [0.29, 0.717) is 5.19 Å². The van der Waals surface area contributed by atoms with Crippen LogP contribution in [0.2, 0.25) is 0 Å². The number of aromatic nitrogens is 1. The van der Waals surface area contributed by atoms with Crippen molar-refractivity contribution in [2.45, 2.75) is 12.7 Å². The lowest BCUT2D eigenvalue weighted by molar-refractivity contribution is -0.0519. The number of hydrogen-bond acceptors (Lipinski definition) is 5. The van der Waals surface area contributed by atoms with Crippen LogP contribution in [0.4, 0.5) is 0 Å². The Hall–Kier alpha value is -0.650. The highest BCUT2D eigenvalue weighted by Gasteiger charge is 1.99. The first kappa shape index (κ1) is 8.45. The smallest absolute Gasteiger partial charge is 0.273 e. The van der Waals surface area contributed by atoms with Gasteiger partial charge in [0.05, 0.1) is 6.61 Å². The van der Waals surface area contributed by atoms with Crippen LogP contribution in [-0.4, -0.2) is 28.1 Å². The lowest BCUT2D eigenvalue weighted by atomic mass is 10.4. The van der Waals surface area contributed by atoms with Crippen molar-refractivity contribution in [1.29, 1.82) is 0 Å². The number of hydrogen-bond donors (Lipinski definition) is 2. The first-order valence-electron chi connectivity index (χ1n) is 3.17. The van der Waals surface area contributed by atoms with Crippen LogP contribution in [0.15, 0.2) is 11.6 Å². The minimum Gasteiger partial charge on any atom is -0.470 e. The van der Waals surface area contributed by atoms with Crippen molar-refractivity contribution in [3.8, 4) is 5.19 Å². The second-order valence-corrected chi connectivity index (χ2v) is 2.77. The summed E-state index contributed by atoms with van der Waals surface area (Å²) in [5, 5.41) is 19.2. The average Bonchev–Trinajstić information content (AvgIpc) is 2.39. The third-order valence-corrected chi connectivity index (χ3v) is 1.69. The zero-order valence-electron chi connectivity index (χ0n) is 5.80. The largest absolute Gasteiger partial charge is 0.470 e. The quantitative estimate of drug-likeness (QED) is 0.643. The van der Waals surface area contributed by atoms with Crippen molar-refractivity contribution in [2.24, 2.45) is 0 Å². The number of aliphatic hydroxyl groups excluding tert-OH is 1. The average molecular weight is 175 g/mol. The predicted molar refractivity (Wildman–Crippen MR) is 40.5 cm³/mol. The Kier molecular flexibility index (Phi) is 3.28. The first-order chi connectivity index (χ1) is 5.29. The molecule has 0 amide bonds. The number of aliphatic hydroxyl groups is 2. The Morgan fingerprint density at radius 3 is 3.00 bits per heavy atom. The van der Waals surface area contributed by atoms with Gasteiger partial charge in [0.25, 0.3) is 5.19 Å². The molecule has 0 fully saturated rings. The molecule has 4 nitrogen and oxygen atoms in total. The van der Waals surface area contributed by atoms with Gasteiger partial charge in [-0.2, -0.15) is 0 Å². The van der Waals surface area contributed by atoms with Crippen LogP contribution >= 0.6 is 11.3 Å². The Morgan fingerprint density at radius 1 is 1.64 bits per heavy atom. The first-order valence-corrected chi connectivity index (χ1v) is 4.05. The molecule has 0 aliphatic rings. The van der Waals surface area contributed by atoms with Gasteiger partial charge in [0.1, 0.15) is 0 Å². The molecule has 0 saturated carbocycles. The summed E-state index contributed by atoms with van der Waals surface area (Å²) in [6, 6.07) is 0. The summed E-state index contributed by atoms with van der Waals surface area (Å²) < 4.78 is 5.04. The van der Waals surface area contributed by atoms with E-state index >= 15 is 0 Å². The van der Waals surface area contributed by atoms with E-state index in [0.717, 1.165) is 0 Å². The fourth-order valence-electron chi connectivity index (χ4n) is 0.533. The van der Waals surface area contributed by atoms with Crippen molar-refractivity contribution in [2.75, 3.05) is 6.61 Å². The van der Waals surface area contributed by atoms with E-state index in [1.165, 1.54) is 11.3 Å². The fraction of sp³-hybridized carbons (Fsp3) is 0.500. The maximum Gasteiger partial charge on any atom is 0.273 e. The molecule has 5 heteroatoms. The molecule has 0 aliphatic carbocycles. The molecule has 0 radical (unpaired) electrons. The predicted octanol–water partition coefficient (Wildman–Crippen LogP) is 0.223. The molecular weight excluding hydrogens is 166 g/mol. The topological polar surface area (TPSA) is 62.6 Å². The summed E-state index contributed by atoms with van der Waals surface area (Å²) in [6.45, 7) is 0.283. The Balaban J connectivity index is 2.14. The minimum atomic E-state index is -1.30. The van der Waals surface area contributed by atoms with Crippen LogP contribution in [0.25, 0.3) is 0 Å². The van der Waals surface area contributed by atoms with Gasteiger partial charge >= 0.3 is 0 Å². The molecule has 0 bridgehead atoms. The van der Waals surface area contributed by atoms with Crippen LogP contribution in [-0.2, 0) is 0 Å². The Bertz CT molecular complexity index is 188. The summed E-state index contributed by atoms with van der Waals surface area (Å²) in [5.41, 5.74) is 0. The molecule has 1 heterocycles. The molecule has 1 aromatic heterocycles. The summed E-state index contributed by atoms with van der Waals surface area (Å²) in [6.07, 6.45) is 0.546. The molecule has 1 rings (SSSR count). The van der Waals surface area contributed by atoms with Crippen LogP contribution in [0.5, 0.6) is 5.19 Å². The van der Waals surface area contributed by atoms with Crippen LogP contribution < -0.4 is 4.74 Å². The number of ether oxygens (including phenoxy) is 1.